The fourth-order valence-corrected chi connectivity index (χ4v) is 4.52. The van der Waals surface area contributed by atoms with E-state index in [1.165, 1.54) is 19.3 Å². The van der Waals surface area contributed by atoms with E-state index in [2.05, 4.69) is 44.2 Å². The molecular formula is C17H20. The van der Waals surface area contributed by atoms with Crippen LogP contribution in [0.4, 0.5) is 0 Å². The molecule has 0 spiro atoms. The third kappa shape index (κ3) is 1.14. The third-order valence-electron chi connectivity index (χ3n) is 5.78. The Morgan fingerprint density at radius 3 is 2.76 bits per heavy atom. The van der Waals surface area contributed by atoms with Gasteiger partial charge < -0.3 is 0 Å². The highest BCUT2D eigenvalue weighted by atomic mass is 14.6. The Hall–Kier alpha value is -1.04. The van der Waals surface area contributed by atoms with Crippen LogP contribution in [0.15, 0.2) is 35.9 Å². The number of hydrogen-bond donors (Lipinski definition) is 0. The first kappa shape index (κ1) is 9.94. The fraction of sp³-hybridized carbons (Fsp3) is 0.529. The van der Waals surface area contributed by atoms with E-state index in [9.17, 15) is 0 Å². The molecule has 1 aromatic carbocycles. The third-order valence-corrected chi connectivity index (χ3v) is 5.78. The van der Waals surface area contributed by atoms with Gasteiger partial charge in [-0.3, -0.25) is 0 Å². The summed E-state index contributed by atoms with van der Waals surface area (Å²) in [5.74, 6) is 2.59. The lowest BCUT2D eigenvalue weighted by Crippen LogP contribution is -2.51. The molecular weight excluding hydrogens is 204 g/mol. The van der Waals surface area contributed by atoms with Crippen LogP contribution in [-0.2, 0) is 6.42 Å². The average Bonchev–Trinajstić information content (AvgIpc) is 2.37. The molecule has 88 valence electrons. The van der Waals surface area contributed by atoms with Gasteiger partial charge in [-0.05, 0) is 47.6 Å². The maximum absolute atomic E-state index is 2.55. The molecule has 0 heteroatoms. The SMILES string of the molecule is CC1(C)[C@@H]2C[C@@H]3C(=CCc4ccccc43)[C@@H]1C2. The average molecular weight is 224 g/mol. The monoisotopic (exact) mass is 224 g/mol. The lowest BCUT2D eigenvalue weighted by molar-refractivity contribution is -0.0361. The first-order valence-electron chi connectivity index (χ1n) is 6.95. The maximum atomic E-state index is 2.55. The van der Waals surface area contributed by atoms with Gasteiger partial charge in [0.25, 0.3) is 0 Å². The fourth-order valence-electron chi connectivity index (χ4n) is 4.52. The number of hydrogen-bond acceptors (Lipinski definition) is 0. The van der Waals surface area contributed by atoms with E-state index in [-0.39, 0.29) is 0 Å². The zero-order chi connectivity index (χ0) is 11.6. The van der Waals surface area contributed by atoms with Gasteiger partial charge in [-0.15, -0.1) is 0 Å². The van der Waals surface area contributed by atoms with E-state index in [0.717, 1.165) is 17.8 Å². The van der Waals surface area contributed by atoms with Crippen molar-refractivity contribution in [2.45, 2.75) is 39.0 Å². The Balaban J connectivity index is 1.80. The normalized spacial score (nSPS) is 36.4. The molecule has 2 bridgehead atoms. The Kier molecular flexibility index (Phi) is 1.78. The van der Waals surface area contributed by atoms with Gasteiger partial charge in [-0.25, -0.2) is 0 Å². The second-order valence-corrected chi connectivity index (χ2v) is 6.70. The van der Waals surface area contributed by atoms with Gasteiger partial charge in [0, 0.05) is 5.92 Å². The standard InChI is InChI=1S/C17H20/c1-17(2)12-9-15-13-6-4-3-5-11(13)7-8-14(15)16(17)10-12/h3-6,8,12,15-16H,7,9-10H2,1-2H3/t12-,15+,16+/m1/s1. The number of rotatable bonds is 0. The predicted octanol–water partition coefficient (Wildman–Crippen LogP) is 4.32. The molecule has 4 aliphatic carbocycles. The van der Waals surface area contributed by atoms with Crippen molar-refractivity contribution < 1.29 is 0 Å². The molecule has 0 saturated heterocycles. The van der Waals surface area contributed by atoms with E-state index in [0.29, 0.717) is 5.41 Å². The molecule has 3 fully saturated rings. The van der Waals surface area contributed by atoms with E-state index in [1.54, 1.807) is 16.7 Å². The van der Waals surface area contributed by atoms with E-state index >= 15 is 0 Å². The van der Waals surface area contributed by atoms with Gasteiger partial charge in [0.15, 0.2) is 0 Å². The van der Waals surface area contributed by atoms with Crippen LogP contribution in [0, 0.1) is 17.3 Å². The van der Waals surface area contributed by atoms with Crippen LogP contribution in [-0.4, -0.2) is 0 Å². The molecule has 0 amide bonds. The van der Waals surface area contributed by atoms with Gasteiger partial charge in [-0.2, -0.15) is 0 Å². The van der Waals surface area contributed by atoms with Gasteiger partial charge in [0.05, 0.1) is 0 Å². The summed E-state index contributed by atoms with van der Waals surface area (Å²) in [6, 6.07) is 9.08. The minimum atomic E-state index is 0.578. The highest BCUT2D eigenvalue weighted by Crippen LogP contribution is 2.65. The highest BCUT2D eigenvalue weighted by Gasteiger charge is 2.55. The Morgan fingerprint density at radius 1 is 1.12 bits per heavy atom. The first-order valence-corrected chi connectivity index (χ1v) is 6.95. The van der Waals surface area contributed by atoms with Crippen molar-refractivity contribution in [1.29, 1.82) is 0 Å². The van der Waals surface area contributed by atoms with Crippen LogP contribution in [0.3, 0.4) is 0 Å². The molecule has 0 aliphatic heterocycles. The smallest absolute Gasteiger partial charge is 0.00569 e. The molecule has 17 heavy (non-hydrogen) atoms. The molecule has 0 nitrogen and oxygen atoms in total. The van der Waals surface area contributed by atoms with Gasteiger partial charge >= 0.3 is 0 Å². The summed E-state index contributed by atoms with van der Waals surface area (Å²) in [5, 5.41) is 0. The molecule has 0 heterocycles. The molecule has 0 radical (unpaired) electrons. The molecule has 4 aliphatic rings. The molecule has 0 unspecified atom stereocenters. The topological polar surface area (TPSA) is 0 Å². The van der Waals surface area contributed by atoms with Crippen molar-refractivity contribution in [3.8, 4) is 0 Å². The van der Waals surface area contributed by atoms with E-state index in [1.807, 2.05) is 0 Å². The summed E-state index contributed by atoms with van der Waals surface area (Å²) < 4.78 is 0. The van der Waals surface area contributed by atoms with Crippen LogP contribution in [0.25, 0.3) is 0 Å². The van der Waals surface area contributed by atoms with Crippen LogP contribution < -0.4 is 0 Å². The Morgan fingerprint density at radius 2 is 1.94 bits per heavy atom. The van der Waals surface area contributed by atoms with Crippen LogP contribution >= 0.6 is 0 Å². The molecule has 1 aromatic rings. The van der Waals surface area contributed by atoms with Gasteiger partial charge in [0.2, 0.25) is 0 Å². The summed E-state index contributed by atoms with van der Waals surface area (Å²) in [4.78, 5) is 0. The molecule has 0 aromatic heterocycles. The minimum Gasteiger partial charge on any atom is -0.0800 e. The van der Waals surface area contributed by atoms with Gasteiger partial charge in [-0.1, -0.05) is 49.8 Å². The van der Waals surface area contributed by atoms with Crippen molar-refractivity contribution >= 4 is 0 Å². The zero-order valence-corrected chi connectivity index (χ0v) is 10.7. The van der Waals surface area contributed by atoms with Crippen molar-refractivity contribution in [2.24, 2.45) is 17.3 Å². The number of allylic oxidation sites excluding steroid dienone is 2. The zero-order valence-electron chi connectivity index (χ0n) is 10.7. The van der Waals surface area contributed by atoms with Gasteiger partial charge in [0.1, 0.15) is 0 Å². The summed E-state index contributed by atoms with van der Waals surface area (Å²) in [5.41, 5.74) is 5.56. The van der Waals surface area contributed by atoms with Crippen molar-refractivity contribution in [3.63, 3.8) is 0 Å². The van der Waals surface area contributed by atoms with E-state index < -0.39 is 0 Å². The number of fused-ring (bicyclic) bond motifs is 1. The maximum Gasteiger partial charge on any atom is 0.00569 e. The molecule has 3 atom stereocenters. The second kappa shape index (κ2) is 3.04. The summed E-state index contributed by atoms with van der Waals surface area (Å²) >= 11 is 0. The largest absolute Gasteiger partial charge is 0.0800 e. The minimum absolute atomic E-state index is 0.578. The van der Waals surface area contributed by atoms with Crippen molar-refractivity contribution in [1.82, 2.24) is 0 Å². The number of benzene rings is 1. The summed E-state index contributed by atoms with van der Waals surface area (Å²) in [7, 11) is 0. The first-order chi connectivity index (χ1) is 8.18. The lowest BCUT2D eigenvalue weighted by Gasteiger charge is -2.61. The van der Waals surface area contributed by atoms with Crippen LogP contribution in [0.1, 0.15) is 43.7 Å². The van der Waals surface area contributed by atoms with Crippen molar-refractivity contribution in [2.75, 3.05) is 0 Å². The Bertz CT molecular complexity index is 507. The highest BCUT2D eigenvalue weighted by molar-refractivity contribution is 5.45. The Labute approximate surface area is 104 Å². The van der Waals surface area contributed by atoms with Crippen LogP contribution in [0.2, 0.25) is 0 Å². The van der Waals surface area contributed by atoms with Crippen LogP contribution in [0.5, 0.6) is 0 Å². The second-order valence-electron chi connectivity index (χ2n) is 6.70. The molecule has 5 rings (SSSR count). The summed E-state index contributed by atoms with van der Waals surface area (Å²) in [6.07, 6.45) is 6.57. The van der Waals surface area contributed by atoms with Crippen molar-refractivity contribution in [3.05, 3.63) is 47.0 Å². The summed E-state index contributed by atoms with van der Waals surface area (Å²) in [6.45, 7) is 4.95. The quantitative estimate of drug-likeness (QED) is 0.576. The predicted molar refractivity (Wildman–Crippen MR) is 71.0 cm³/mol. The molecule has 0 N–H and O–H groups in total. The van der Waals surface area contributed by atoms with E-state index in [4.69, 9.17) is 0 Å². The lowest BCUT2D eigenvalue weighted by atomic mass is 9.44. The molecule has 3 saturated carbocycles.